The van der Waals surface area contributed by atoms with Gasteiger partial charge in [-0.25, -0.2) is 4.79 Å². The molecule has 0 bridgehead atoms. The Bertz CT molecular complexity index is 1370. The summed E-state index contributed by atoms with van der Waals surface area (Å²) in [6.07, 6.45) is 1.81. The molecule has 6 nitrogen and oxygen atoms in total. The van der Waals surface area contributed by atoms with E-state index in [2.05, 4.69) is 51.8 Å². The van der Waals surface area contributed by atoms with Crippen LogP contribution in [0.4, 0.5) is 5.69 Å². The molecule has 2 unspecified atom stereocenters. The molecule has 176 valence electrons. The number of carbonyl (C=O) groups excluding carboxylic acids is 1. The maximum absolute atomic E-state index is 11.9. The first-order chi connectivity index (χ1) is 17.0. The zero-order valence-corrected chi connectivity index (χ0v) is 20.6. The molecule has 2 aromatic heterocycles. The van der Waals surface area contributed by atoms with Crippen LogP contribution in [0, 0.1) is 13.8 Å². The van der Waals surface area contributed by atoms with Crippen LogP contribution in [0.1, 0.15) is 45.1 Å². The van der Waals surface area contributed by atoms with Gasteiger partial charge in [0.2, 0.25) is 0 Å². The van der Waals surface area contributed by atoms with Crippen molar-refractivity contribution in [1.82, 2.24) is 14.9 Å². The van der Waals surface area contributed by atoms with Gasteiger partial charge >= 0.3 is 5.97 Å². The fraction of sp³-hybridized carbons (Fsp3) is 0.179. The number of para-hydroxylation sites is 1. The number of aromatic nitrogens is 2. The highest BCUT2D eigenvalue weighted by molar-refractivity contribution is 7.80. The number of rotatable bonds is 5. The van der Waals surface area contributed by atoms with Gasteiger partial charge in [0.1, 0.15) is 0 Å². The second-order valence-electron chi connectivity index (χ2n) is 8.53. The number of nitrogens with zero attached hydrogens (tertiary/aromatic N) is 3. The van der Waals surface area contributed by atoms with Crippen LogP contribution in [-0.4, -0.2) is 27.7 Å². The van der Waals surface area contributed by atoms with Crippen LogP contribution >= 0.6 is 12.2 Å². The molecule has 2 atom stereocenters. The van der Waals surface area contributed by atoms with Crippen LogP contribution in [0.25, 0.3) is 5.69 Å². The number of hydrogen-bond acceptors (Lipinski definition) is 4. The summed E-state index contributed by atoms with van der Waals surface area (Å²) in [5.41, 5.74) is 6.82. The van der Waals surface area contributed by atoms with E-state index in [9.17, 15) is 4.79 Å². The summed E-state index contributed by atoms with van der Waals surface area (Å²) in [5.74, 6) is -0.347. The van der Waals surface area contributed by atoms with E-state index in [1.54, 1.807) is 12.1 Å². The third-order valence-corrected chi connectivity index (χ3v) is 6.78. The molecule has 7 heteroatoms. The number of carbonyl (C=O) groups is 1. The van der Waals surface area contributed by atoms with E-state index in [-0.39, 0.29) is 18.1 Å². The van der Waals surface area contributed by atoms with Crippen LogP contribution in [-0.2, 0) is 4.74 Å². The molecule has 2 aromatic carbocycles. The van der Waals surface area contributed by atoms with Crippen molar-refractivity contribution in [1.29, 1.82) is 0 Å². The minimum atomic E-state index is -0.347. The molecule has 3 heterocycles. The first-order valence-electron chi connectivity index (χ1n) is 11.4. The van der Waals surface area contributed by atoms with Crippen molar-refractivity contribution in [2.45, 2.75) is 25.9 Å². The van der Waals surface area contributed by atoms with Crippen molar-refractivity contribution in [3.63, 3.8) is 0 Å². The number of aryl methyl sites for hydroxylation is 1. The maximum Gasteiger partial charge on any atom is 0.337 e. The summed E-state index contributed by atoms with van der Waals surface area (Å²) in [6, 6.07) is 25.6. The molecule has 1 aliphatic rings. The minimum Gasteiger partial charge on any atom is -0.465 e. The lowest BCUT2D eigenvalue weighted by molar-refractivity contribution is 0.0600. The lowest BCUT2D eigenvalue weighted by atomic mass is 9.96. The molecule has 0 saturated carbocycles. The molecule has 35 heavy (non-hydrogen) atoms. The van der Waals surface area contributed by atoms with Gasteiger partial charge in [-0.15, -0.1) is 0 Å². The van der Waals surface area contributed by atoms with E-state index in [4.69, 9.17) is 17.0 Å². The van der Waals surface area contributed by atoms with E-state index in [0.29, 0.717) is 10.7 Å². The Kier molecular flexibility index (Phi) is 6.09. The molecular weight excluding hydrogens is 456 g/mol. The summed E-state index contributed by atoms with van der Waals surface area (Å²) in [7, 11) is 1.39. The molecular formula is C28H26N4O2S. The number of methoxy groups -OCH3 is 1. The van der Waals surface area contributed by atoms with Gasteiger partial charge in [0, 0.05) is 29.0 Å². The van der Waals surface area contributed by atoms with E-state index in [0.717, 1.165) is 34.0 Å². The van der Waals surface area contributed by atoms with Crippen LogP contribution in [0.5, 0.6) is 0 Å². The number of ether oxygens (including phenoxy) is 1. The number of benzene rings is 2. The molecule has 1 aliphatic heterocycles. The van der Waals surface area contributed by atoms with Crippen molar-refractivity contribution in [2.75, 3.05) is 12.0 Å². The van der Waals surface area contributed by atoms with Crippen LogP contribution in [0.3, 0.4) is 0 Å². The third-order valence-electron chi connectivity index (χ3n) is 6.47. The Hall–Kier alpha value is -3.97. The quantitative estimate of drug-likeness (QED) is 0.301. The smallest absolute Gasteiger partial charge is 0.337 e. The summed E-state index contributed by atoms with van der Waals surface area (Å²) in [5, 5.41) is 4.19. The van der Waals surface area contributed by atoms with Crippen LogP contribution in [0.2, 0.25) is 0 Å². The number of esters is 1. The van der Waals surface area contributed by atoms with Crippen molar-refractivity contribution in [3.05, 3.63) is 113 Å². The monoisotopic (exact) mass is 482 g/mol. The predicted octanol–water partition coefficient (Wildman–Crippen LogP) is 5.45. The van der Waals surface area contributed by atoms with Crippen molar-refractivity contribution < 1.29 is 9.53 Å². The Morgan fingerprint density at radius 3 is 2.34 bits per heavy atom. The standard InChI is InChI=1S/C28H26N4O2S/c1-18-17-23(19(2)31(18)22-14-12-20(13-15-22)27(33)34-3)26-25(24-11-7-8-16-29-24)30-28(35)32(26)21-9-5-4-6-10-21/h4-17,25-26H,1-3H3,(H,30,35). The van der Waals surface area contributed by atoms with E-state index in [1.807, 2.05) is 54.7 Å². The van der Waals surface area contributed by atoms with Crippen LogP contribution in [0.15, 0.2) is 85.1 Å². The highest BCUT2D eigenvalue weighted by Gasteiger charge is 2.42. The zero-order chi connectivity index (χ0) is 24.5. The molecule has 1 saturated heterocycles. The highest BCUT2D eigenvalue weighted by atomic mass is 32.1. The maximum atomic E-state index is 11.9. The highest BCUT2D eigenvalue weighted by Crippen LogP contribution is 2.43. The summed E-state index contributed by atoms with van der Waals surface area (Å²) in [6.45, 7) is 4.21. The normalized spacial score (nSPS) is 17.3. The van der Waals surface area contributed by atoms with Gasteiger partial charge in [0.25, 0.3) is 0 Å². The predicted molar refractivity (Wildman–Crippen MR) is 141 cm³/mol. The average Bonchev–Trinajstić information content (AvgIpc) is 3.39. The van der Waals surface area contributed by atoms with Gasteiger partial charge in [0.05, 0.1) is 30.5 Å². The number of hydrogen-bond donors (Lipinski definition) is 1. The molecule has 4 aromatic rings. The lowest BCUT2D eigenvalue weighted by Gasteiger charge is -2.28. The summed E-state index contributed by atoms with van der Waals surface area (Å²) >= 11 is 5.84. The number of nitrogens with one attached hydrogen (secondary N) is 1. The van der Waals surface area contributed by atoms with E-state index in [1.165, 1.54) is 7.11 Å². The summed E-state index contributed by atoms with van der Waals surface area (Å²) < 4.78 is 7.05. The number of anilines is 1. The van der Waals surface area contributed by atoms with Crippen molar-refractivity contribution in [2.24, 2.45) is 0 Å². The minimum absolute atomic E-state index is 0.0888. The molecule has 1 N–H and O–H groups in total. The SMILES string of the molecule is COC(=O)c1ccc(-n2c(C)cc(C3C(c4ccccn4)NC(=S)N3c3ccccc3)c2C)cc1. The van der Waals surface area contributed by atoms with E-state index >= 15 is 0 Å². The lowest BCUT2D eigenvalue weighted by Crippen LogP contribution is -2.29. The Morgan fingerprint density at radius 1 is 0.971 bits per heavy atom. The largest absolute Gasteiger partial charge is 0.465 e. The Balaban J connectivity index is 1.62. The first kappa shape index (κ1) is 22.8. The van der Waals surface area contributed by atoms with Gasteiger partial charge in [-0.05, 0) is 86.2 Å². The molecule has 5 rings (SSSR count). The zero-order valence-electron chi connectivity index (χ0n) is 19.8. The Morgan fingerprint density at radius 2 is 1.69 bits per heavy atom. The second kappa shape index (κ2) is 9.35. The molecule has 0 radical (unpaired) electrons. The Labute approximate surface area is 210 Å². The summed E-state index contributed by atoms with van der Waals surface area (Å²) in [4.78, 5) is 18.7. The van der Waals surface area contributed by atoms with Gasteiger partial charge in [-0.1, -0.05) is 24.3 Å². The van der Waals surface area contributed by atoms with Gasteiger partial charge in [-0.2, -0.15) is 0 Å². The molecule has 0 spiro atoms. The van der Waals surface area contributed by atoms with Gasteiger partial charge in [-0.3, -0.25) is 4.98 Å². The molecule has 0 aliphatic carbocycles. The topological polar surface area (TPSA) is 59.4 Å². The van der Waals surface area contributed by atoms with Gasteiger partial charge < -0.3 is 19.5 Å². The van der Waals surface area contributed by atoms with Crippen molar-refractivity contribution in [3.8, 4) is 5.69 Å². The van der Waals surface area contributed by atoms with Crippen molar-refractivity contribution >= 4 is 29.0 Å². The van der Waals surface area contributed by atoms with E-state index < -0.39 is 0 Å². The second-order valence-corrected chi connectivity index (χ2v) is 8.92. The fourth-order valence-electron chi connectivity index (χ4n) is 4.89. The fourth-order valence-corrected chi connectivity index (χ4v) is 5.23. The first-order valence-corrected chi connectivity index (χ1v) is 11.8. The number of pyridine rings is 1. The molecule has 0 amide bonds. The van der Waals surface area contributed by atoms with Gasteiger partial charge in [0.15, 0.2) is 5.11 Å². The third kappa shape index (κ3) is 4.08. The van der Waals surface area contributed by atoms with Crippen LogP contribution < -0.4 is 10.2 Å². The average molecular weight is 483 g/mol. The molecule has 1 fully saturated rings. The number of thiocarbonyl (C=S) groups is 1.